The number of aryl methyl sites for hydroxylation is 1. The van der Waals surface area contributed by atoms with Crippen LogP contribution in [0.1, 0.15) is 29.9 Å². The SMILES string of the molecule is Cc1ccc(CN(Cc2ccccc2)C(=O)CN(CC2CCCO2)C(=O)Nc2ccccc2F)o1. The number of furan rings is 1. The number of rotatable bonds is 9. The van der Waals surface area contributed by atoms with Crippen molar-refractivity contribution in [1.29, 1.82) is 0 Å². The number of hydrogen-bond acceptors (Lipinski definition) is 4. The van der Waals surface area contributed by atoms with Crippen molar-refractivity contribution in [2.24, 2.45) is 0 Å². The van der Waals surface area contributed by atoms with Gasteiger partial charge in [0.2, 0.25) is 5.91 Å². The molecular formula is C27H30FN3O4. The first-order valence-electron chi connectivity index (χ1n) is 11.8. The number of hydrogen-bond donors (Lipinski definition) is 1. The lowest BCUT2D eigenvalue weighted by Crippen LogP contribution is -2.47. The third-order valence-electron chi connectivity index (χ3n) is 5.89. The summed E-state index contributed by atoms with van der Waals surface area (Å²) in [4.78, 5) is 29.7. The van der Waals surface area contributed by atoms with Crippen molar-refractivity contribution < 1.29 is 23.1 Å². The van der Waals surface area contributed by atoms with E-state index in [9.17, 15) is 14.0 Å². The summed E-state index contributed by atoms with van der Waals surface area (Å²) in [5.74, 6) is 0.636. The van der Waals surface area contributed by atoms with E-state index in [0.717, 1.165) is 24.2 Å². The van der Waals surface area contributed by atoms with E-state index in [1.807, 2.05) is 49.4 Å². The number of carbonyl (C=O) groups excluding carboxylic acids is 2. The molecule has 3 amide bonds. The Balaban J connectivity index is 1.52. The van der Waals surface area contributed by atoms with Crippen molar-refractivity contribution in [1.82, 2.24) is 9.80 Å². The summed E-state index contributed by atoms with van der Waals surface area (Å²) in [6.45, 7) is 3.17. The van der Waals surface area contributed by atoms with E-state index >= 15 is 0 Å². The average molecular weight is 480 g/mol. The van der Waals surface area contributed by atoms with Crippen molar-refractivity contribution in [3.8, 4) is 0 Å². The first kappa shape index (κ1) is 24.5. The summed E-state index contributed by atoms with van der Waals surface area (Å²) < 4.78 is 25.6. The third kappa shape index (κ3) is 6.93. The molecule has 0 saturated carbocycles. The number of anilines is 1. The maximum absolute atomic E-state index is 14.2. The van der Waals surface area contributed by atoms with Gasteiger partial charge in [-0.1, -0.05) is 42.5 Å². The largest absolute Gasteiger partial charge is 0.464 e. The minimum atomic E-state index is -0.549. The smallest absolute Gasteiger partial charge is 0.322 e. The van der Waals surface area contributed by atoms with Crippen LogP contribution in [0.4, 0.5) is 14.9 Å². The first-order chi connectivity index (χ1) is 17.0. The molecule has 3 aromatic rings. The van der Waals surface area contributed by atoms with E-state index in [2.05, 4.69) is 5.32 Å². The number of nitrogens with zero attached hydrogens (tertiary/aromatic N) is 2. The van der Waals surface area contributed by atoms with E-state index in [4.69, 9.17) is 9.15 Å². The van der Waals surface area contributed by atoms with Crippen LogP contribution in [0, 0.1) is 12.7 Å². The van der Waals surface area contributed by atoms with Crippen molar-refractivity contribution in [2.45, 2.75) is 39.0 Å². The van der Waals surface area contributed by atoms with Crippen molar-refractivity contribution >= 4 is 17.6 Å². The fraction of sp³-hybridized carbons (Fsp3) is 0.333. The molecule has 1 atom stereocenters. The Kier molecular flexibility index (Phi) is 8.15. The Bertz CT molecular complexity index is 1130. The van der Waals surface area contributed by atoms with Crippen LogP contribution >= 0.6 is 0 Å². The predicted molar refractivity (Wildman–Crippen MR) is 130 cm³/mol. The van der Waals surface area contributed by atoms with Crippen LogP contribution in [0.3, 0.4) is 0 Å². The van der Waals surface area contributed by atoms with E-state index in [0.29, 0.717) is 18.9 Å². The van der Waals surface area contributed by atoms with Gasteiger partial charge in [-0.3, -0.25) is 4.79 Å². The minimum Gasteiger partial charge on any atom is -0.464 e. The molecule has 1 aromatic heterocycles. The predicted octanol–water partition coefficient (Wildman–Crippen LogP) is 4.97. The highest BCUT2D eigenvalue weighted by molar-refractivity contribution is 5.92. The molecule has 0 aliphatic carbocycles. The number of nitrogens with one attached hydrogen (secondary N) is 1. The Morgan fingerprint density at radius 3 is 2.46 bits per heavy atom. The normalized spacial score (nSPS) is 15.1. The van der Waals surface area contributed by atoms with Gasteiger partial charge in [0.25, 0.3) is 0 Å². The number of urea groups is 1. The number of benzene rings is 2. The summed E-state index contributed by atoms with van der Waals surface area (Å²) in [6, 6.07) is 18.7. The van der Waals surface area contributed by atoms with Crippen molar-refractivity contribution in [3.63, 3.8) is 0 Å². The number of amides is 3. The summed E-state index contributed by atoms with van der Waals surface area (Å²) in [5.41, 5.74) is 1.03. The fourth-order valence-electron chi connectivity index (χ4n) is 4.07. The first-order valence-corrected chi connectivity index (χ1v) is 11.8. The van der Waals surface area contributed by atoms with Gasteiger partial charge in [-0.05, 0) is 49.6 Å². The molecule has 2 aromatic carbocycles. The van der Waals surface area contributed by atoms with Crippen LogP contribution in [0.2, 0.25) is 0 Å². The Hall–Kier alpha value is -3.65. The van der Waals surface area contributed by atoms with E-state index in [1.54, 1.807) is 17.0 Å². The van der Waals surface area contributed by atoms with Crippen LogP contribution < -0.4 is 5.32 Å². The highest BCUT2D eigenvalue weighted by Crippen LogP contribution is 2.18. The van der Waals surface area contributed by atoms with Gasteiger partial charge in [0.1, 0.15) is 23.9 Å². The van der Waals surface area contributed by atoms with Gasteiger partial charge in [-0.15, -0.1) is 0 Å². The zero-order valence-electron chi connectivity index (χ0n) is 19.8. The van der Waals surface area contributed by atoms with Gasteiger partial charge in [-0.25, -0.2) is 9.18 Å². The average Bonchev–Trinajstić information content (AvgIpc) is 3.52. The molecule has 1 aliphatic heterocycles. The molecule has 184 valence electrons. The lowest BCUT2D eigenvalue weighted by molar-refractivity contribution is -0.133. The second-order valence-electron chi connectivity index (χ2n) is 8.67. The molecule has 4 rings (SSSR count). The van der Waals surface area contributed by atoms with Gasteiger partial charge >= 0.3 is 6.03 Å². The Morgan fingerprint density at radius 1 is 1.00 bits per heavy atom. The van der Waals surface area contributed by atoms with E-state index in [1.165, 1.54) is 17.0 Å². The lowest BCUT2D eigenvalue weighted by Gasteiger charge is -2.29. The van der Waals surface area contributed by atoms with E-state index in [-0.39, 0.29) is 37.3 Å². The molecule has 1 fully saturated rings. The van der Waals surface area contributed by atoms with Crippen LogP contribution in [0.15, 0.2) is 71.1 Å². The van der Waals surface area contributed by atoms with Crippen LogP contribution in [0.5, 0.6) is 0 Å². The number of para-hydroxylation sites is 1. The highest BCUT2D eigenvalue weighted by Gasteiger charge is 2.27. The molecule has 35 heavy (non-hydrogen) atoms. The summed E-state index contributed by atoms with van der Waals surface area (Å²) in [6.07, 6.45) is 1.54. The molecule has 1 unspecified atom stereocenters. The third-order valence-corrected chi connectivity index (χ3v) is 5.89. The van der Waals surface area contributed by atoms with Gasteiger partial charge < -0.3 is 24.3 Å². The lowest BCUT2D eigenvalue weighted by atomic mass is 10.2. The molecule has 1 aliphatic rings. The number of carbonyl (C=O) groups is 2. The zero-order chi connectivity index (χ0) is 24.6. The molecule has 2 heterocycles. The highest BCUT2D eigenvalue weighted by atomic mass is 19.1. The fourth-order valence-corrected chi connectivity index (χ4v) is 4.07. The maximum Gasteiger partial charge on any atom is 0.322 e. The summed E-state index contributed by atoms with van der Waals surface area (Å²) >= 11 is 0. The van der Waals surface area contributed by atoms with Crippen LogP contribution in [0.25, 0.3) is 0 Å². The van der Waals surface area contributed by atoms with Gasteiger partial charge in [0, 0.05) is 19.7 Å². The van der Waals surface area contributed by atoms with Crippen LogP contribution in [-0.4, -0.2) is 47.5 Å². The van der Waals surface area contributed by atoms with E-state index < -0.39 is 11.8 Å². The molecule has 0 spiro atoms. The summed E-state index contributed by atoms with van der Waals surface area (Å²) in [5, 5.41) is 2.60. The number of ether oxygens (including phenoxy) is 1. The Morgan fingerprint density at radius 2 is 1.77 bits per heavy atom. The van der Waals surface area contributed by atoms with Crippen molar-refractivity contribution in [3.05, 3.63) is 89.6 Å². The molecule has 1 N–H and O–H groups in total. The van der Waals surface area contributed by atoms with Gasteiger partial charge in [0.15, 0.2) is 0 Å². The molecule has 7 nitrogen and oxygen atoms in total. The summed E-state index contributed by atoms with van der Waals surface area (Å²) in [7, 11) is 0. The molecule has 8 heteroatoms. The molecule has 0 bridgehead atoms. The second-order valence-corrected chi connectivity index (χ2v) is 8.67. The zero-order valence-corrected chi connectivity index (χ0v) is 19.8. The van der Waals surface area contributed by atoms with Gasteiger partial charge in [0.05, 0.1) is 18.3 Å². The van der Waals surface area contributed by atoms with Crippen LogP contribution in [-0.2, 0) is 22.6 Å². The molecular weight excluding hydrogens is 449 g/mol. The van der Waals surface area contributed by atoms with Crippen molar-refractivity contribution in [2.75, 3.05) is 25.0 Å². The molecule has 1 saturated heterocycles. The van der Waals surface area contributed by atoms with Gasteiger partial charge in [-0.2, -0.15) is 0 Å². The standard InChI is InChI=1S/C27H30FN3O4/c1-20-13-14-23(35-20)18-30(16-21-8-3-2-4-9-21)26(32)19-31(17-22-10-7-15-34-22)27(33)29-25-12-6-5-11-24(25)28/h2-6,8-9,11-14,22H,7,10,15-19H2,1H3,(H,29,33). The minimum absolute atomic E-state index is 0.0643. The maximum atomic E-state index is 14.2. The quantitative estimate of drug-likeness (QED) is 0.470. The Labute approximate surface area is 204 Å². The number of halogens is 1. The second kappa shape index (κ2) is 11.7. The molecule has 0 radical (unpaired) electrons. The topological polar surface area (TPSA) is 75.0 Å². The monoisotopic (exact) mass is 479 g/mol.